The fourth-order valence-electron chi connectivity index (χ4n) is 2.65. The number of benzene rings is 1. The van der Waals surface area contributed by atoms with Crippen molar-refractivity contribution in [3.8, 4) is 0 Å². The molecule has 1 aromatic carbocycles. The minimum absolute atomic E-state index is 0.176. The fraction of sp³-hybridized carbons (Fsp3) is 0.316. The van der Waals surface area contributed by atoms with Crippen molar-refractivity contribution in [2.45, 2.75) is 0 Å². The normalized spacial score (nSPS) is 14.3. The van der Waals surface area contributed by atoms with Crippen molar-refractivity contribution < 1.29 is 9.53 Å². The van der Waals surface area contributed by atoms with Gasteiger partial charge in [0.1, 0.15) is 0 Å². The number of halogens is 1. The molecule has 7 nitrogen and oxygen atoms in total. The third-order valence-corrected chi connectivity index (χ3v) is 4.41. The Balaban J connectivity index is 1.42. The van der Waals surface area contributed by atoms with Crippen molar-refractivity contribution in [2.75, 3.05) is 49.6 Å². The Hall–Kier alpha value is -2.64. The topological polar surface area (TPSA) is 79.4 Å². The quantitative estimate of drug-likeness (QED) is 0.560. The van der Waals surface area contributed by atoms with E-state index >= 15 is 0 Å². The zero-order chi connectivity index (χ0) is 18.9. The maximum absolute atomic E-state index is 11.9. The number of hydrogen-bond donors (Lipinski definition) is 2. The first-order valence-corrected chi connectivity index (χ1v) is 9.20. The number of amides is 1. The molecule has 1 aliphatic rings. The summed E-state index contributed by atoms with van der Waals surface area (Å²) in [4.78, 5) is 14.1. The van der Waals surface area contributed by atoms with E-state index in [1.54, 1.807) is 18.3 Å². The van der Waals surface area contributed by atoms with Crippen molar-refractivity contribution in [2.24, 2.45) is 0 Å². The maximum atomic E-state index is 11.9. The Bertz CT molecular complexity index is 793. The molecule has 0 radical (unpaired) electrons. The van der Waals surface area contributed by atoms with Gasteiger partial charge in [0.05, 0.1) is 25.1 Å². The predicted molar refractivity (Wildman–Crippen MR) is 107 cm³/mol. The number of nitrogens with one attached hydrogen (secondary N) is 2. The Morgan fingerprint density at radius 2 is 2.07 bits per heavy atom. The van der Waals surface area contributed by atoms with E-state index in [4.69, 9.17) is 16.3 Å². The molecule has 0 unspecified atom stereocenters. The van der Waals surface area contributed by atoms with Gasteiger partial charge in [-0.3, -0.25) is 4.79 Å². The van der Waals surface area contributed by atoms with E-state index in [1.807, 2.05) is 24.3 Å². The molecule has 2 heterocycles. The third-order valence-electron chi connectivity index (χ3n) is 4.07. The molecule has 2 aromatic rings. The van der Waals surface area contributed by atoms with E-state index in [9.17, 15) is 4.79 Å². The molecule has 27 heavy (non-hydrogen) atoms. The summed E-state index contributed by atoms with van der Waals surface area (Å²) >= 11 is 6.05. The second-order valence-electron chi connectivity index (χ2n) is 5.97. The minimum atomic E-state index is -0.176. The van der Waals surface area contributed by atoms with Crippen LogP contribution >= 0.6 is 11.6 Å². The van der Waals surface area contributed by atoms with Crippen LogP contribution in [0.15, 0.2) is 42.6 Å². The summed E-state index contributed by atoms with van der Waals surface area (Å²) in [5.74, 6) is 0.504. The summed E-state index contributed by atoms with van der Waals surface area (Å²) < 4.78 is 5.36. The first kappa shape index (κ1) is 19.1. The van der Waals surface area contributed by atoms with Gasteiger partial charge >= 0.3 is 0 Å². The number of aromatic nitrogens is 2. The molecular formula is C19H22ClN5O2. The molecule has 0 bridgehead atoms. The van der Waals surface area contributed by atoms with E-state index in [0.717, 1.165) is 37.6 Å². The second-order valence-corrected chi connectivity index (χ2v) is 6.38. The molecule has 0 spiro atoms. The van der Waals surface area contributed by atoms with Crippen LogP contribution in [0.2, 0.25) is 5.02 Å². The molecule has 1 amide bonds. The highest BCUT2D eigenvalue weighted by atomic mass is 35.5. The van der Waals surface area contributed by atoms with Crippen LogP contribution in [0.1, 0.15) is 5.56 Å². The van der Waals surface area contributed by atoms with E-state index in [-0.39, 0.29) is 5.91 Å². The van der Waals surface area contributed by atoms with Gasteiger partial charge in [-0.2, -0.15) is 5.10 Å². The summed E-state index contributed by atoms with van der Waals surface area (Å²) in [6.07, 6.45) is 4.92. The van der Waals surface area contributed by atoms with Gasteiger partial charge in [0, 0.05) is 43.3 Å². The van der Waals surface area contributed by atoms with Crippen LogP contribution in [0.3, 0.4) is 0 Å². The number of ether oxygens (including phenoxy) is 1. The smallest absolute Gasteiger partial charge is 0.244 e. The number of hydrogen-bond acceptors (Lipinski definition) is 6. The molecule has 2 N–H and O–H groups in total. The van der Waals surface area contributed by atoms with Crippen LogP contribution in [0, 0.1) is 0 Å². The van der Waals surface area contributed by atoms with Gasteiger partial charge in [0.2, 0.25) is 5.91 Å². The van der Waals surface area contributed by atoms with E-state index in [0.29, 0.717) is 23.9 Å². The monoisotopic (exact) mass is 387 g/mol. The second kappa shape index (κ2) is 9.89. The molecule has 1 aliphatic heterocycles. The van der Waals surface area contributed by atoms with Crippen LogP contribution < -0.4 is 15.5 Å². The number of carbonyl (C=O) groups is 1. The zero-order valence-corrected chi connectivity index (χ0v) is 15.7. The average molecular weight is 388 g/mol. The SMILES string of the molecule is O=C(/C=C/c1ccccc1Cl)NCCNc1cc(N2CCOCC2)cnn1. The highest BCUT2D eigenvalue weighted by Crippen LogP contribution is 2.17. The lowest BCUT2D eigenvalue weighted by atomic mass is 10.2. The Morgan fingerprint density at radius 3 is 2.89 bits per heavy atom. The lowest BCUT2D eigenvalue weighted by Crippen LogP contribution is -2.36. The van der Waals surface area contributed by atoms with Crippen molar-refractivity contribution in [3.63, 3.8) is 0 Å². The largest absolute Gasteiger partial charge is 0.378 e. The van der Waals surface area contributed by atoms with Crippen molar-refractivity contribution >= 4 is 35.1 Å². The molecular weight excluding hydrogens is 366 g/mol. The van der Waals surface area contributed by atoms with Crippen molar-refractivity contribution in [3.05, 3.63) is 53.2 Å². The molecule has 1 fully saturated rings. The maximum Gasteiger partial charge on any atom is 0.244 e. The average Bonchev–Trinajstić information content (AvgIpc) is 2.71. The first-order chi connectivity index (χ1) is 13.2. The highest BCUT2D eigenvalue weighted by Gasteiger charge is 2.12. The summed E-state index contributed by atoms with van der Waals surface area (Å²) in [5, 5.41) is 14.7. The van der Waals surface area contributed by atoms with Gasteiger partial charge < -0.3 is 20.3 Å². The van der Waals surface area contributed by atoms with Crippen LogP contribution in [0.25, 0.3) is 6.08 Å². The van der Waals surface area contributed by atoms with E-state index < -0.39 is 0 Å². The summed E-state index contributed by atoms with van der Waals surface area (Å²) in [6.45, 7) is 4.15. The van der Waals surface area contributed by atoms with Crippen LogP contribution in [0.4, 0.5) is 11.5 Å². The molecule has 0 atom stereocenters. The van der Waals surface area contributed by atoms with Gasteiger partial charge in [0.15, 0.2) is 5.82 Å². The highest BCUT2D eigenvalue weighted by molar-refractivity contribution is 6.32. The molecule has 1 saturated heterocycles. The van der Waals surface area contributed by atoms with Crippen LogP contribution in [-0.2, 0) is 9.53 Å². The summed E-state index contributed by atoms with van der Waals surface area (Å²) in [5.41, 5.74) is 1.82. The van der Waals surface area contributed by atoms with Gasteiger partial charge in [-0.05, 0) is 17.7 Å². The molecule has 142 valence electrons. The standard InChI is InChI=1S/C19H22ClN5O2/c20-17-4-2-1-3-15(17)5-6-19(26)22-8-7-21-18-13-16(14-23-24-18)25-9-11-27-12-10-25/h1-6,13-14H,7-12H2,(H,21,24)(H,22,26)/b6-5+. The number of nitrogens with zero attached hydrogens (tertiary/aromatic N) is 3. The Labute approximate surface area is 163 Å². The lowest BCUT2D eigenvalue weighted by molar-refractivity contribution is -0.116. The fourth-order valence-corrected chi connectivity index (χ4v) is 2.85. The van der Waals surface area contributed by atoms with Gasteiger partial charge in [0.25, 0.3) is 0 Å². The van der Waals surface area contributed by atoms with Crippen LogP contribution in [0.5, 0.6) is 0 Å². The lowest BCUT2D eigenvalue weighted by Gasteiger charge is -2.28. The van der Waals surface area contributed by atoms with Crippen molar-refractivity contribution in [1.82, 2.24) is 15.5 Å². The Morgan fingerprint density at radius 1 is 1.26 bits per heavy atom. The van der Waals surface area contributed by atoms with Gasteiger partial charge in [-0.1, -0.05) is 29.8 Å². The predicted octanol–water partition coefficient (Wildman–Crippen LogP) is 2.21. The number of rotatable bonds is 7. The van der Waals surface area contributed by atoms with Gasteiger partial charge in [-0.15, -0.1) is 5.10 Å². The number of morpholine rings is 1. The first-order valence-electron chi connectivity index (χ1n) is 8.82. The molecule has 3 rings (SSSR count). The minimum Gasteiger partial charge on any atom is -0.378 e. The molecule has 0 saturated carbocycles. The summed E-state index contributed by atoms with van der Waals surface area (Å²) in [7, 11) is 0. The van der Waals surface area contributed by atoms with E-state index in [1.165, 1.54) is 6.08 Å². The summed E-state index contributed by atoms with van der Waals surface area (Å²) in [6, 6.07) is 9.32. The molecule has 1 aromatic heterocycles. The Kier molecular flexibility index (Phi) is 7.01. The zero-order valence-electron chi connectivity index (χ0n) is 14.9. The van der Waals surface area contributed by atoms with Gasteiger partial charge in [-0.25, -0.2) is 0 Å². The van der Waals surface area contributed by atoms with Crippen LogP contribution in [-0.4, -0.2) is 55.5 Å². The molecule has 8 heteroatoms. The molecule has 0 aliphatic carbocycles. The third kappa shape index (κ3) is 5.94. The number of carbonyl (C=O) groups excluding carboxylic acids is 1. The van der Waals surface area contributed by atoms with E-state index in [2.05, 4.69) is 25.7 Å². The number of anilines is 2. The van der Waals surface area contributed by atoms with Crippen molar-refractivity contribution in [1.29, 1.82) is 0 Å².